The molecule has 0 aromatic carbocycles. The number of carbonyl (C=O) groups excluding carboxylic acids is 1. The Bertz CT molecular complexity index is 1330. The first-order chi connectivity index (χ1) is 18.5. The van der Waals surface area contributed by atoms with Crippen LogP contribution in [-0.4, -0.2) is 77.9 Å². The number of hydrogen-bond acceptors (Lipinski definition) is 9. The van der Waals surface area contributed by atoms with Crippen LogP contribution in [0.2, 0.25) is 0 Å². The Labute approximate surface area is 229 Å². The van der Waals surface area contributed by atoms with E-state index in [4.69, 9.17) is 5.26 Å². The molecule has 3 aliphatic heterocycles. The fourth-order valence-electron chi connectivity index (χ4n) is 5.39. The molecule has 0 N–H and O–H groups in total. The van der Waals surface area contributed by atoms with Crippen molar-refractivity contribution in [3.63, 3.8) is 0 Å². The Hall–Kier alpha value is -3.27. The highest BCUT2D eigenvalue weighted by Crippen LogP contribution is 2.47. The van der Waals surface area contributed by atoms with Gasteiger partial charge in [0.15, 0.2) is 11.5 Å². The summed E-state index contributed by atoms with van der Waals surface area (Å²) in [4.78, 5) is 27.9. The summed E-state index contributed by atoms with van der Waals surface area (Å²) in [7, 11) is -1.13. The molecule has 3 aliphatic rings. The number of halogens is 2. The summed E-state index contributed by atoms with van der Waals surface area (Å²) in [6.07, 6.45) is -0.783. The topological polar surface area (TPSA) is 119 Å². The number of piperazine rings is 1. The quantitative estimate of drug-likeness (QED) is 0.554. The van der Waals surface area contributed by atoms with Crippen LogP contribution in [0.25, 0.3) is 0 Å². The van der Waals surface area contributed by atoms with Gasteiger partial charge in [-0.05, 0) is 26.3 Å². The van der Waals surface area contributed by atoms with Crippen LogP contribution < -0.4 is 9.80 Å². The number of hydrogen-bond donors (Lipinski definition) is 0. The van der Waals surface area contributed by atoms with Crippen molar-refractivity contribution in [3.8, 4) is 6.07 Å². The number of alkyl halides is 2. The van der Waals surface area contributed by atoms with Crippen molar-refractivity contribution in [1.29, 1.82) is 5.26 Å². The van der Waals surface area contributed by atoms with Crippen molar-refractivity contribution in [2.75, 3.05) is 41.7 Å². The van der Waals surface area contributed by atoms with Gasteiger partial charge in [0, 0.05) is 59.8 Å². The van der Waals surface area contributed by atoms with E-state index < -0.39 is 38.6 Å². The second-order valence-electron chi connectivity index (χ2n) is 10.6. The molecule has 2 fully saturated rings. The standard InChI is InChI=1S/C24H28F2N8O2S.C2H6/c1-14-11-32(6-7-33(14)22(35)24(4)5-8-37(24)36)20-18-21(29-13-28-20)34(12-23(18,2)3)17-9-15(19(25)26)16(10-27)30-31-17;1-2/h9,13-14,19H,5-8,11-12H2,1-4H3;1-2H3/t14?,24-,37?;/m0./s1. The zero-order chi connectivity index (χ0) is 28.7. The Morgan fingerprint density at radius 2 is 1.87 bits per heavy atom. The summed E-state index contributed by atoms with van der Waals surface area (Å²) in [5.74, 6) is 1.98. The van der Waals surface area contributed by atoms with Crippen LogP contribution in [0.5, 0.6) is 0 Å². The molecule has 13 heteroatoms. The molecule has 5 heterocycles. The number of aromatic nitrogens is 4. The van der Waals surface area contributed by atoms with Crippen molar-refractivity contribution < 1.29 is 17.8 Å². The lowest BCUT2D eigenvalue weighted by atomic mass is 9.87. The molecule has 3 atom stereocenters. The molecule has 2 aromatic rings. The van der Waals surface area contributed by atoms with E-state index in [1.54, 1.807) is 17.9 Å². The Balaban J connectivity index is 0.00000172. The maximum atomic E-state index is 13.6. The molecule has 0 radical (unpaired) electrons. The Kier molecular flexibility index (Phi) is 7.89. The first-order valence-corrected chi connectivity index (χ1v) is 14.4. The third-order valence-electron chi connectivity index (χ3n) is 7.63. The number of carbonyl (C=O) groups is 1. The van der Waals surface area contributed by atoms with E-state index >= 15 is 0 Å². The predicted octanol–water partition coefficient (Wildman–Crippen LogP) is 3.48. The molecule has 0 aliphatic carbocycles. The highest BCUT2D eigenvalue weighted by molar-refractivity contribution is 7.88. The third kappa shape index (κ3) is 4.83. The van der Waals surface area contributed by atoms with Crippen LogP contribution in [0.1, 0.15) is 71.2 Å². The van der Waals surface area contributed by atoms with Crippen LogP contribution in [0.15, 0.2) is 12.4 Å². The van der Waals surface area contributed by atoms with Gasteiger partial charge in [0.1, 0.15) is 28.8 Å². The molecule has 39 heavy (non-hydrogen) atoms. The second-order valence-corrected chi connectivity index (χ2v) is 12.6. The number of anilines is 3. The summed E-state index contributed by atoms with van der Waals surface area (Å²) in [6.45, 7) is 13.8. The van der Waals surface area contributed by atoms with Gasteiger partial charge < -0.3 is 14.7 Å². The van der Waals surface area contributed by atoms with E-state index in [9.17, 15) is 17.8 Å². The largest absolute Gasteiger partial charge is 0.352 e. The van der Waals surface area contributed by atoms with Gasteiger partial charge in [0.25, 0.3) is 6.43 Å². The minimum atomic E-state index is -2.86. The first kappa shape index (κ1) is 28.7. The van der Waals surface area contributed by atoms with E-state index in [0.29, 0.717) is 44.2 Å². The fraction of sp³-hybridized carbons (Fsp3) is 0.615. The lowest BCUT2D eigenvalue weighted by molar-refractivity contribution is -0.136. The van der Waals surface area contributed by atoms with Gasteiger partial charge in [-0.15, -0.1) is 10.2 Å². The van der Waals surface area contributed by atoms with E-state index in [0.717, 1.165) is 11.4 Å². The van der Waals surface area contributed by atoms with Gasteiger partial charge in [-0.1, -0.05) is 27.7 Å². The van der Waals surface area contributed by atoms with Crippen LogP contribution >= 0.6 is 0 Å². The zero-order valence-electron chi connectivity index (χ0n) is 23.1. The maximum absolute atomic E-state index is 13.6. The van der Waals surface area contributed by atoms with Crippen LogP contribution in [0.4, 0.5) is 26.2 Å². The molecule has 210 valence electrons. The van der Waals surface area contributed by atoms with Crippen LogP contribution in [0, 0.1) is 11.3 Å². The zero-order valence-corrected chi connectivity index (χ0v) is 23.9. The molecular weight excluding hydrogens is 526 g/mol. The van der Waals surface area contributed by atoms with Crippen molar-refractivity contribution in [2.45, 2.75) is 70.6 Å². The monoisotopic (exact) mass is 560 g/mol. The number of amides is 1. The van der Waals surface area contributed by atoms with E-state index in [1.165, 1.54) is 12.4 Å². The average Bonchev–Trinajstić information content (AvgIpc) is 3.22. The Morgan fingerprint density at radius 1 is 1.18 bits per heavy atom. The molecular formula is C26H34F2N8O2S. The lowest BCUT2D eigenvalue weighted by Crippen LogP contribution is -2.63. The molecule has 5 rings (SSSR count). The minimum Gasteiger partial charge on any atom is -0.352 e. The van der Waals surface area contributed by atoms with Crippen molar-refractivity contribution in [1.82, 2.24) is 25.1 Å². The van der Waals surface area contributed by atoms with Crippen LogP contribution in [-0.2, 0) is 21.0 Å². The molecule has 2 aromatic heterocycles. The van der Waals surface area contributed by atoms with Gasteiger partial charge in [0.2, 0.25) is 5.91 Å². The first-order valence-electron chi connectivity index (χ1n) is 13.1. The predicted molar refractivity (Wildman–Crippen MR) is 145 cm³/mol. The number of fused-ring (bicyclic) bond motifs is 1. The highest BCUT2D eigenvalue weighted by Gasteiger charge is 2.50. The molecule has 10 nitrogen and oxygen atoms in total. The van der Waals surface area contributed by atoms with Gasteiger partial charge in [-0.2, -0.15) is 5.26 Å². The van der Waals surface area contributed by atoms with Gasteiger partial charge in [-0.25, -0.2) is 18.7 Å². The fourth-order valence-corrected chi connectivity index (χ4v) is 6.68. The molecule has 0 spiro atoms. The average molecular weight is 561 g/mol. The summed E-state index contributed by atoms with van der Waals surface area (Å²) >= 11 is 0. The SMILES string of the molecule is CC.CC1CN(c2ncnc3c2C(C)(C)CN3c2cc(C(F)F)c(C#N)nn2)CCN1C(=O)[C@]1(C)CCS1=O. The van der Waals surface area contributed by atoms with Gasteiger partial charge in [-0.3, -0.25) is 9.00 Å². The molecule has 2 unspecified atom stereocenters. The second kappa shape index (κ2) is 10.7. The Morgan fingerprint density at radius 3 is 2.44 bits per heavy atom. The number of nitriles is 1. The number of nitrogens with zero attached hydrogens (tertiary/aromatic N) is 8. The molecule has 0 saturated carbocycles. The van der Waals surface area contributed by atoms with E-state index in [2.05, 4.69) is 25.1 Å². The lowest BCUT2D eigenvalue weighted by Gasteiger charge is -2.46. The van der Waals surface area contributed by atoms with Crippen molar-refractivity contribution in [2.24, 2.45) is 0 Å². The maximum Gasteiger partial charge on any atom is 0.266 e. The summed E-state index contributed by atoms with van der Waals surface area (Å²) < 4.78 is 38.6. The van der Waals surface area contributed by atoms with Crippen molar-refractivity contribution >= 4 is 34.2 Å². The smallest absolute Gasteiger partial charge is 0.266 e. The normalized spacial score (nSPS) is 25.4. The number of rotatable bonds is 4. The van der Waals surface area contributed by atoms with Gasteiger partial charge >= 0.3 is 0 Å². The highest BCUT2D eigenvalue weighted by atomic mass is 32.2. The van der Waals surface area contributed by atoms with Crippen LogP contribution in [0.3, 0.4) is 0 Å². The molecule has 2 saturated heterocycles. The van der Waals surface area contributed by atoms with Gasteiger partial charge in [0.05, 0.1) is 5.56 Å². The summed E-state index contributed by atoms with van der Waals surface area (Å²) in [6, 6.07) is 2.75. The summed E-state index contributed by atoms with van der Waals surface area (Å²) in [5, 5.41) is 16.9. The van der Waals surface area contributed by atoms with E-state index in [-0.39, 0.29) is 17.8 Å². The van der Waals surface area contributed by atoms with E-state index in [1.807, 2.05) is 39.5 Å². The summed E-state index contributed by atoms with van der Waals surface area (Å²) in [5.41, 5.74) is -0.455. The van der Waals surface area contributed by atoms with Crippen molar-refractivity contribution in [3.05, 3.63) is 29.2 Å². The molecule has 0 bridgehead atoms. The third-order valence-corrected chi connectivity index (χ3v) is 9.59. The molecule has 1 amide bonds. The minimum absolute atomic E-state index is 0.0575.